The molecule has 34 heavy (non-hydrogen) atoms. The van der Waals surface area contributed by atoms with Crippen molar-refractivity contribution in [2.75, 3.05) is 19.0 Å². The average Bonchev–Trinajstić information content (AvgIpc) is 3.34. The van der Waals surface area contributed by atoms with Crippen LogP contribution < -0.4 is 10.1 Å². The summed E-state index contributed by atoms with van der Waals surface area (Å²) in [6, 6.07) is 15.3. The second-order valence-electron chi connectivity index (χ2n) is 7.49. The second-order valence-corrected chi connectivity index (χ2v) is 8.63. The first-order chi connectivity index (χ1) is 16.4. The summed E-state index contributed by atoms with van der Waals surface area (Å²) in [6.07, 6.45) is 0.0951. The van der Waals surface area contributed by atoms with E-state index in [-0.39, 0.29) is 31.0 Å². The van der Waals surface area contributed by atoms with Crippen molar-refractivity contribution in [2.24, 2.45) is 0 Å². The summed E-state index contributed by atoms with van der Waals surface area (Å²) in [4.78, 5) is 52.3. The van der Waals surface area contributed by atoms with E-state index in [0.29, 0.717) is 26.8 Å². The van der Waals surface area contributed by atoms with E-state index in [2.05, 4.69) is 5.32 Å². The number of carbonyl (C=O) groups is 4. The molecule has 0 radical (unpaired) electrons. The Bertz CT molecular complexity index is 1230. The Kier molecular flexibility index (Phi) is 6.74. The van der Waals surface area contributed by atoms with E-state index in [1.807, 2.05) is 0 Å². The van der Waals surface area contributed by atoms with Crippen molar-refractivity contribution in [3.05, 3.63) is 81.7 Å². The van der Waals surface area contributed by atoms with Gasteiger partial charge >= 0.3 is 5.97 Å². The summed E-state index contributed by atoms with van der Waals surface area (Å²) in [6.45, 7) is 1.84. The van der Waals surface area contributed by atoms with E-state index in [4.69, 9.17) is 9.47 Å². The maximum Gasteiger partial charge on any atom is 0.341 e. The van der Waals surface area contributed by atoms with Gasteiger partial charge in [-0.05, 0) is 42.8 Å². The highest BCUT2D eigenvalue weighted by molar-refractivity contribution is 7.16. The zero-order valence-corrected chi connectivity index (χ0v) is 19.4. The number of ether oxygens (including phenoxy) is 2. The predicted molar refractivity (Wildman–Crippen MR) is 126 cm³/mol. The zero-order chi connectivity index (χ0) is 24.2. The van der Waals surface area contributed by atoms with Crippen molar-refractivity contribution >= 4 is 40.0 Å². The Hall–Kier alpha value is -3.98. The lowest BCUT2D eigenvalue weighted by Gasteiger charge is -2.12. The van der Waals surface area contributed by atoms with Crippen molar-refractivity contribution in [1.82, 2.24) is 4.90 Å². The lowest BCUT2D eigenvalue weighted by atomic mass is 10.1. The lowest BCUT2D eigenvalue weighted by Crippen LogP contribution is -2.28. The van der Waals surface area contributed by atoms with Gasteiger partial charge in [0.15, 0.2) is 0 Å². The summed E-state index contributed by atoms with van der Waals surface area (Å²) in [5, 5.41) is 3.08. The first kappa shape index (κ1) is 23.2. The molecule has 1 aromatic heterocycles. The fourth-order valence-electron chi connectivity index (χ4n) is 3.61. The fourth-order valence-corrected chi connectivity index (χ4v) is 4.66. The number of fused-ring (bicyclic) bond motifs is 1. The van der Waals surface area contributed by atoms with Crippen LogP contribution in [0.5, 0.6) is 5.75 Å². The molecule has 0 fully saturated rings. The molecule has 8 nitrogen and oxygen atoms in total. The number of amides is 3. The molecule has 0 unspecified atom stereocenters. The molecule has 1 N–H and O–H groups in total. The van der Waals surface area contributed by atoms with E-state index in [9.17, 15) is 19.2 Å². The van der Waals surface area contributed by atoms with Crippen molar-refractivity contribution in [3.8, 4) is 5.75 Å². The Morgan fingerprint density at radius 2 is 1.65 bits per heavy atom. The largest absolute Gasteiger partial charge is 0.497 e. The molecule has 0 atom stereocenters. The smallest absolute Gasteiger partial charge is 0.341 e. The second kappa shape index (κ2) is 9.88. The molecule has 0 spiro atoms. The van der Waals surface area contributed by atoms with Gasteiger partial charge in [-0.3, -0.25) is 19.3 Å². The molecule has 9 heteroatoms. The number of methoxy groups -OCH3 is 1. The average molecular weight is 479 g/mol. The maximum absolute atomic E-state index is 12.7. The van der Waals surface area contributed by atoms with Crippen molar-refractivity contribution in [1.29, 1.82) is 0 Å². The zero-order valence-electron chi connectivity index (χ0n) is 18.6. The van der Waals surface area contributed by atoms with Crippen LogP contribution in [-0.2, 0) is 22.5 Å². The Morgan fingerprint density at radius 3 is 2.24 bits per heavy atom. The standard InChI is InChI=1S/C25H22N2O6S/c1-3-33-25(31)20-13-17(14-27-23(29)18-6-4-5-7-19(18)24(27)30)34-22(20)26-21(28)12-15-8-10-16(32-2)11-9-15/h4-11,13H,3,12,14H2,1-2H3,(H,26,28). The Morgan fingerprint density at radius 1 is 1.00 bits per heavy atom. The van der Waals surface area contributed by atoms with Gasteiger partial charge in [-0.2, -0.15) is 0 Å². The van der Waals surface area contributed by atoms with Crippen LogP contribution in [0.25, 0.3) is 0 Å². The summed E-state index contributed by atoms with van der Waals surface area (Å²) >= 11 is 1.13. The molecule has 0 saturated carbocycles. The molecular weight excluding hydrogens is 456 g/mol. The van der Waals surface area contributed by atoms with Crippen LogP contribution in [0, 0.1) is 0 Å². The minimum absolute atomic E-state index is 0.0161. The van der Waals surface area contributed by atoms with E-state index in [1.165, 1.54) is 0 Å². The molecule has 0 aliphatic carbocycles. The number of benzene rings is 2. The van der Waals surface area contributed by atoms with Crippen LogP contribution in [0.1, 0.15) is 48.4 Å². The summed E-state index contributed by atoms with van der Waals surface area (Å²) in [7, 11) is 1.56. The highest BCUT2D eigenvalue weighted by Gasteiger charge is 2.35. The molecule has 4 rings (SSSR count). The van der Waals surface area contributed by atoms with Gasteiger partial charge in [0, 0.05) is 4.88 Å². The van der Waals surface area contributed by atoms with Crippen molar-refractivity contribution in [2.45, 2.75) is 19.9 Å². The van der Waals surface area contributed by atoms with Crippen molar-refractivity contribution < 1.29 is 28.7 Å². The van der Waals surface area contributed by atoms with Gasteiger partial charge in [0.1, 0.15) is 10.8 Å². The molecule has 2 aromatic carbocycles. The summed E-state index contributed by atoms with van der Waals surface area (Å²) in [5.41, 5.74) is 1.66. The van der Waals surface area contributed by atoms with Crippen LogP contribution in [0.3, 0.4) is 0 Å². The number of imide groups is 1. The molecule has 1 aliphatic heterocycles. The number of thiophene rings is 1. The van der Waals surface area contributed by atoms with Gasteiger partial charge in [-0.1, -0.05) is 24.3 Å². The van der Waals surface area contributed by atoms with Crippen LogP contribution >= 0.6 is 11.3 Å². The number of rotatable bonds is 8. The van der Waals surface area contributed by atoms with E-state index in [1.54, 1.807) is 68.6 Å². The van der Waals surface area contributed by atoms with Gasteiger partial charge in [0.2, 0.25) is 5.91 Å². The topological polar surface area (TPSA) is 102 Å². The number of esters is 1. The monoisotopic (exact) mass is 478 g/mol. The molecule has 1 aliphatic rings. The van der Waals surface area contributed by atoms with E-state index in [0.717, 1.165) is 21.8 Å². The fraction of sp³-hybridized carbons (Fsp3) is 0.200. The Balaban J connectivity index is 1.53. The lowest BCUT2D eigenvalue weighted by molar-refractivity contribution is -0.115. The number of carbonyl (C=O) groups excluding carboxylic acids is 4. The molecule has 3 aromatic rings. The number of nitrogens with zero attached hydrogens (tertiary/aromatic N) is 1. The van der Waals surface area contributed by atoms with E-state index < -0.39 is 17.8 Å². The van der Waals surface area contributed by atoms with Crippen LogP contribution in [-0.4, -0.2) is 42.3 Å². The number of nitrogens with one attached hydrogen (secondary N) is 1. The molecule has 0 bridgehead atoms. The van der Waals surface area contributed by atoms with Crippen LogP contribution in [0.2, 0.25) is 0 Å². The summed E-state index contributed by atoms with van der Waals surface area (Å²) < 4.78 is 10.3. The predicted octanol–water partition coefficient (Wildman–Crippen LogP) is 3.91. The molecule has 0 saturated heterocycles. The third-order valence-electron chi connectivity index (χ3n) is 5.25. The Labute approximate surface area is 200 Å². The first-order valence-electron chi connectivity index (χ1n) is 10.6. The van der Waals surface area contributed by atoms with Crippen LogP contribution in [0.15, 0.2) is 54.6 Å². The van der Waals surface area contributed by atoms with Gasteiger partial charge in [0.25, 0.3) is 11.8 Å². The normalized spacial score (nSPS) is 12.5. The molecule has 174 valence electrons. The maximum atomic E-state index is 12.7. The van der Waals surface area contributed by atoms with Crippen molar-refractivity contribution in [3.63, 3.8) is 0 Å². The van der Waals surface area contributed by atoms with Gasteiger partial charge in [-0.25, -0.2) is 4.79 Å². The number of anilines is 1. The van der Waals surface area contributed by atoms with E-state index >= 15 is 0 Å². The van der Waals surface area contributed by atoms with Gasteiger partial charge in [0.05, 0.1) is 43.4 Å². The quantitative estimate of drug-likeness (QED) is 0.389. The SMILES string of the molecule is CCOC(=O)c1cc(CN2C(=O)c3ccccc3C2=O)sc1NC(=O)Cc1ccc(OC)cc1. The highest BCUT2D eigenvalue weighted by Crippen LogP contribution is 2.32. The minimum Gasteiger partial charge on any atom is -0.497 e. The minimum atomic E-state index is -0.591. The number of hydrogen-bond donors (Lipinski definition) is 1. The first-order valence-corrected chi connectivity index (χ1v) is 11.4. The number of hydrogen-bond acceptors (Lipinski definition) is 7. The third-order valence-corrected chi connectivity index (χ3v) is 6.28. The van der Waals surface area contributed by atoms with Gasteiger partial charge in [-0.15, -0.1) is 11.3 Å². The molecular formula is C25H22N2O6S. The third kappa shape index (κ3) is 4.69. The van der Waals surface area contributed by atoms with Gasteiger partial charge < -0.3 is 14.8 Å². The highest BCUT2D eigenvalue weighted by atomic mass is 32.1. The summed E-state index contributed by atoms with van der Waals surface area (Å²) in [5.74, 6) is -1.00. The molecule has 2 heterocycles. The van der Waals surface area contributed by atoms with Crippen LogP contribution in [0.4, 0.5) is 5.00 Å². The molecule has 3 amide bonds.